The summed E-state index contributed by atoms with van der Waals surface area (Å²) in [5.74, 6) is 0.701. The van der Waals surface area contributed by atoms with E-state index in [0.717, 1.165) is 12.1 Å². The Kier molecular flexibility index (Phi) is 3.69. The van der Waals surface area contributed by atoms with Crippen LogP contribution in [0.4, 0.5) is 11.4 Å². The van der Waals surface area contributed by atoms with E-state index in [1.54, 1.807) is 0 Å². The fourth-order valence-corrected chi connectivity index (χ4v) is 2.10. The van der Waals surface area contributed by atoms with Crippen molar-refractivity contribution < 1.29 is 4.63 Å². The Bertz CT molecular complexity index is 523. The summed E-state index contributed by atoms with van der Waals surface area (Å²) in [6, 6.07) is 4.13. The summed E-state index contributed by atoms with van der Waals surface area (Å²) in [4.78, 5) is 0. The van der Waals surface area contributed by atoms with Crippen LogP contribution in [0.5, 0.6) is 0 Å². The van der Waals surface area contributed by atoms with Crippen LogP contribution in [-0.2, 0) is 0 Å². The van der Waals surface area contributed by atoms with Gasteiger partial charge < -0.3 is 11.1 Å². The van der Waals surface area contributed by atoms with Crippen LogP contribution < -0.4 is 11.1 Å². The van der Waals surface area contributed by atoms with Crippen molar-refractivity contribution in [2.24, 2.45) is 5.92 Å². The van der Waals surface area contributed by atoms with Gasteiger partial charge in [0.2, 0.25) is 0 Å². The van der Waals surface area contributed by atoms with Crippen molar-refractivity contribution in [3.8, 4) is 0 Å². The number of benzene rings is 1. The first-order chi connectivity index (χ1) is 8.61. The first kappa shape index (κ1) is 12.7. The highest BCUT2D eigenvalue weighted by atomic mass is 16.6. The summed E-state index contributed by atoms with van der Waals surface area (Å²) in [6.07, 6.45) is 2.31. The van der Waals surface area contributed by atoms with E-state index in [-0.39, 0.29) is 0 Å². The Morgan fingerprint density at radius 3 is 2.72 bits per heavy atom. The molecule has 1 aromatic heterocycles. The minimum atomic E-state index is 0.378. The SMILES string of the molecule is CCC(C)CC(C)Nc1ccc(N)c2nonc12. The summed E-state index contributed by atoms with van der Waals surface area (Å²) >= 11 is 0. The number of nitrogen functional groups attached to an aromatic ring is 1. The van der Waals surface area contributed by atoms with Gasteiger partial charge in [0, 0.05) is 6.04 Å². The third-order valence-corrected chi connectivity index (χ3v) is 3.30. The molecule has 18 heavy (non-hydrogen) atoms. The zero-order valence-electron chi connectivity index (χ0n) is 11.1. The maximum Gasteiger partial charge on any atom is 0.160 e. The Balaban J connectivity index is 2.17. The zero-order valence-corrected chi connectivity index (χ0v) is 11.1. The van der Waals surface area contributed by atoms with Crippen molar-refractivity contribution in [1.82, 2.24) is 10.3 Å². The van der Waals surface area contributed by atoms with Crippen LogP contribution in [0.25, 0.3) is 11.0 Å². The summed E-state index contributed by atoms with van der Waals surface area (Å²) in [7, 11) is 0. The van der Waals surface area contributed by atoms with Gasteiger partial charge in [-0.25, -0.2) is 4.63 Å². The third-order valence-electron chi connectivity index (χ3n) is 3.30. The smallest absolute Gasteiger partial charge is 0.160 e. The molecule has 1 aromatic carbocycles. The molecule has 2 rings (SSSR count). The summed E-state index contributed by atoms with van der Waals surface area (Å²) < 4.78 is 4.75. The van der Waals surface area contributed by atoms with E-state index in [1.807, 2.05) is 12.1 Å². The van der Waals surface area contributed by atoms with Gasteiger partial charge in [-0.3, -0.25) is 0 Å². The van der Waals surface area contributed by atoms with E-state index in [2.05, 4.69) is 36.4 Å². The largest absolute Gasteiger partial charge is 0.397 e. The maximum absolute atomic E-state index is 5.81. The van der Waals surface area contributed by atoms with E-state index >= 15 is 0 Å². The van der Waals surface area contributed by atoms with Crippen LogP contribution in [0.2, 0.25) is 0 Å². The molecule has 0 bridgehead atoms. The summed E-state index contributed by atoms with van der Waals surface area (Å²) in [5.41, 5.74) is 8.65. The summed E-state index contributed by atoms with van der Waals surface area (Å²) in [5, 5.41) is 11.2. The molecule has 2 unspecified atom stereocenters. The Hall–Kier alpha value is -1.78. The Morgan fingerprint density at radius 2 is 2.00 bits per heavy atom. The average Bonchev–Trinajstić information content (AvgIpc) is 2.82. The quantitative estimate of drug-likeness (QED) is 0.795. The number of aromatic nitrogens is 2. The second-order valence-corrected chi connectivity index (χ2v) is 4.96. The highest BCUT2D eigenvalue weighted by molar-refractivity contribution is 5.94. The van der Waals surface area contributed by atoms with Gasteiger partial charge in [0.25, 0.3) is 0 Å². The van der Waals surface area contributed by atoms with E-state index < -0.39 is 0 Å². The lowest BCUT2D eigenvalue weighted by molar-refractivity contribution is 0.315. The van der Waals surface area contributed by atoms with Gasteiger partial charge in [-0.2, -0.15) is 0 Å². The fraction of sp³-hybridized carbons (Fsp3) is 0.538. The first-order valence-corrected chi connectivity index (χ1v) is 6.39. The Labute approximate surface area is 107 Å². The molecule has 0 fully saturated rings. The lowest BCUT2D eigenvalue weighted by atomic mass is 10.00. The number of hydrogen-bond donors (Lipinski definition) is 2. The van der Waals surface area contributed by atoms with Gasteiger partial charge in [-0.15, -0.1) is 0 Å². The van der Waals surface area contributed by atoms with Gasteiger partial charge >= 0.3 is 0 Å². The summed E-state index contributed by atoms with van der Waals surface area (Å²) in [6.45, 7) is 6.64. The molecular formula is C13H20N4O. The average molecular weight is 248 g/mol. The number of rotatable bonds is 5. The highest BCUT2D eigenvalue weighted by Crippen LogP contribution is 2.26. The van der Waals surface area contributed by atoms with Crippen LogP contribution >= 0.6 is 0 Å². The maximum atomic E-state index is 5.81. The van der Waals surface area contributed by atoms with Crippen molar-refractivity contribution in [2.45, 2.75) is 39.7 Å². The lowest BCUT2D eigenvalue weighted by Gasteiger charge is -2.18. The minimum absolute atomic E-state index is 0.378. The molecule has 0 saturated heterocycles. The van der Waals surface area contributed by atoms with Gasteiger partial charge in [-0.1, -0.05) is 20.3 Å². The topological polar surface area (TPSA) is 77.0 Å². The van der Waals surface area contributed by atoms with Crippen molar-refractivity contribution in [1.29, 1.82) is 0 Å². The fourth-order valence-electron chi connectivity index (χ4n) is 2.10. The molecule has 0 saturated carbocycles. The number of fused-ring (bicyclic) bond motifs is 1. The van der Waals surface area contributed by atoms with Crippen molar-refractivity contribution in [2.75, 3.05) is 11.1 Å². The second kappa shape index (κ2) is 5.25. The third kappa shape index (κ3) is 2.55. The monoisotopic (exact) mass is 248 g/mol. The molecule has 0 aliphatic rings. The minimum Gasteiger partial charge on any atom is -0.397 e. The molecule has 3 N–H and O–H groups in total. The van der Waals surface area contributed by atoms with Gasteiger partial charge in [0.15, 0.2) is 11.0 Å². The number of nitrogens with zero attached hydrogens (tertiary/aromatic N) is 2. The van der Waals surface area contributed by atoms with Crippen molar-refractivity contribution in [3.63, 3.8) is 0 Å². The molecular weight excluding hydrogens is 228 g/mol. The van der Waals surface area contributed by atoms with Crippen LogP contribution in [0.15, 0.2) is 16.8 Å². The van der Waals surface area contributed by atoms with Gasteiger partial charge in [-0.05, 0) is 41.7 Å². The second-order valence-electron chi connectivity index (χ2n) is 4.96. The van der Waals surface area contributed by atoms with Crippen molar-refractivity contribution >= 4 is 22.4 Å². The lowest BCUT2D eigenvalue weighted by Crippen LogP contribution is -2.18. The normalized spacial score (nSPS) is 14.6. The van der Waals surface area contributed by atoms with E-state index in [9.17, 15) is 0 Å². The molecule has 0 radical (unpaired) electrons. The van der Waals surface area contributed by atoms with Crippen LogP contribution in [0, 0.1) is 5.92 Å². The van der Waals surface area contributed by atoms with E-state index in [1.165, 1.54) is 6.42 Å². The molecule has 0 aliphatic carbocycles. The van der Waals surface area contributed by atoms with Gasteiger partial charge in [0.05, 0.1) is 11.4 Å². The molecule has 2 atom stereocenters. The molecule has 1 heterocycles. The standard InChI is InChI=1S/C13H20N4O/c1-4-8(2)7-9(3)15-11-6-5-10(14)12-13(11)17-18-16-12/h5-6,8-9,15H,4,7,14H2,1-3H3. The van der Waals surface area contributed by atoms with Crippen LogP contribution in [0.3, 0.4) is 0 Å². The molecule has 5 nitrogen and oxygen atoms in total. The molecule has 5 heteroatoms. The highest BCUT2D eigenvalue weighted by Gasteiger charge is 2.13. The van der Waals surface area contributed by atoms with Crippen LogP contribution in [0.1, 0.15) is 33.6 Å². The molecule has 0 aliphatic heterocycles. The van der Waals surface area contributed by atoms with Crippen LogP contribution in [-0.4, -0.2) is 16.4 Å². The number of nitrogens with two attached hydrogens (primary N) is 1. The van der Waals surface area contributed by atoms with E-state index in [0.29, 0.717) is 28.7 Å². The zero-order chi connectivity index (χ0) is 13.1. The predicted molar refractivity (Wildman–Crippen MR) is 73.4 cm³/mol. The van der Waals surface area contributed by atoms with Gasteiger partial charge in [0.1, 0.15) is 0 Å². The first-order valence-electron chi connectivity index (χ1n) is 6.39. The number of nitrogens with one attached hydrogen (secondary N) is 1. The molecule has 0 amide bonds. The molecule has 2 aromatic rings. The molecule has 98 valence electrons. The molecule has 0 spiro atoms. The van der Waals surface area contributed by atoms with Crippen molar-refractivity contribution in [3.05, 3.63) is 12.1 Å². The number of hydrogen-bond acceptors (Lipinski definition) is 5. The van der Waals surface area contributed by atoms with E-state index in [4.69, 9.17) is 10.4 Å². The Morgan fingerprint density at radius 1 is 1.28 bits per heavy atom. The predicted octanol–water partition coefficient (Wildman–Crippen LogP) is 3.04. The number of anilines is 2.